The van der Waals surface area contributed by atoms with Gasteiger partial charge in [-0.3, -0.25) is 0 Å². The van der Waals surface area contributed by atoms with Gasteiger partial charge in [-0.05, 0) is 199 Å². The van der Waals surface area contributed by atoms with Crippen LogP contribution in [-0.4, -0.2) is 35.1 Å². The summed E-state index contributed by atoms with van der Waals surface area (Å²) < 4.78 is 67.4. The lowest BCUT2D eigenvalue weighted by Crippen LogP contribution is -2.04. The van der Waals surface area contributed by atoms with Crippen molar-refractivity contribution in [2.45, 2.75) is 19.6 Å². The van der Waals surface area contributed by atoms with E-state index in [0.29, 0.717) is 42.0 Å². The monoisotopic (exact) mass is 1390 g/mol. The van der Waals surface area contributed by atoms with Crippen molar-refractivity contribution < 1.29 is 16.8 Å². The third kappa shape index (κ3) is 8.16. The van der Waals surface area contributed by atoms with Crippen LogP contribution in [0.1, 0.15) is 0 Å². The van der Waals surface area contributed by atoms with Crippen LogP contribution in [0.25, 0.3) is 198 Å². The van der Waals surface area contributed by atoms with E-state index >= 15 is 0 Å². The molecule has 2 aliphatic heterocycles. The quantitative estimate of drug-likeness (QED) is 0.149. The van der Waals surface area contributed by atoms with Crippen LogP contribution < -0.4 is 0 Å². The van der Waals surface area contributed by atoms with Crippen LogP contribution in [0.5, 0.6) is 0 Å². The lowest BCUT2D eigenvalue weighted by molar-refractivity contribution is 0.597. The molecule has 4 aromatic heterocycles. The molecule has 0 atom stereocenters. The molecule has 0 aliphatic carbocycles. The van der Waals surface area contributed by atoms with E-state index in [-0.39, 0.29) is 0 Å². The third-order valence-corrected chi connectivity index (χ3v) is 26.6. The van der Waals surface area contributed by atoms with Crippen molar-refractivity contribution in [1.82, 2.24) is 18.3 Å². The molecule has 0 amide bonds. The molecule has 2 aliphatic rings. The number of sulfone groups is 2. The number of nitrogens with zero attached hydrogens (tertiary/aromatic N) is 4. The molecule has 0 saturated carbocycles. The summed E-state index contributed by atoms with van der Waals surface area (Å²) in [7, 11) is -7.65. The van der Waals surface area contributed by atoms with Crippen molar-refractivity contribution in [3.05, 3.63) is 340 Å². The maximum absolute atomic E-state index is 14.7. The summed E-state index contributed by atoms with van der Waals surface area (Å²) in [4.78, 5) is 1.26. The Bertz CT molecular complexity index is 7770. The number of hydrogen-bond donors (Lipinski definition) is 0. The van der Waals surface area contributed by atoms with Crippen molar-refractivity contribution in [2.75, 3.05) is 0 Å². The minimum atomic E-state index is -3.85. The zero-order valence-electron chi connectivity index (χ0n) is 56.6. The van der Waals surface area contributed by atoms with Gasteiger partial charge in [0.25, 0.3) is 0 Å². The molecule has 0 radical (unpaired) electrons. The van der Waals surface area contributed by atoms with Crippen molar-refractivity contribution in [1.29, 1.82) is 0 Å². The Labute approximate surface area is 607 Å². The minimum Gasteiger partial charge on any atom is -0.309 e. The zero-order chi connectivity index (χ0) is 70.0. The molecule has 0 saturated heterocycles. The Hall–Kier alpha value is -13.4. The molecular formula is C96H56N4O4S2. The number of aromatic nitrogens is 4. The van der Waals surface area contributed by atoms with E-state index in [1.807, 2.05) is 60.7 Å². The van der Waals surface area contributed by atoms with Gasteiger partial charge in [0.15, 0.2) is 0 Å². The molecule has 0 spiro atoms. The molecule has 8 nitrogen and oxygen atoms in total. The molecule has 23 rings (SSSR count). The molecule has 0 bridgehead atoms. The summed E-state index contributed by atoms with van der Waals surface area (Å²) >= 11 is 0. The number of hydrogen-bond acceptors (Lipinski definition) is 4. The number of benzene rings is 17. The van der Waals surface area contributed by atoms with Gasteiger partial charge in [-0.15, -0.1) is 0 Å². The Balaban J connectivity index is 0.610. The smallest absolute Gasteiger partial charge is 0.209 e. The lowest BCUT2D eigenvalue weighted by atomic mass is 9.94. The second kappa shape index (κ2) is 21.6. The van der Waals surface area contributed by atoms with E-state index in [0.717, 1.165) is 132 Å². The number of para-hydroxylation sites is 4. The largest absolute Gasteiger partial charge is 0.309 e. The van der Waals surface area contributed by atoms with E-state index in [9.17, 15) is 16.8 Å². The summed E-state index contributed by atoms with van der Waals surface area (Å²) in [6.07, 6.45) is 0. The van der Waals surface area contributed by atoms with E-state index in [1.165, 1.54) is 43.1 Å². The summed E-state index contributed by atoms with van der Waals surface area (Å²) in [6.45, 7) is 0. The van der Waals surface area contributed by atoms with E-state index in [1.54, 1.807) is 24.3 Å². The predicted octanol–water partition coefficient (Wildman–Crippen LogP) is 24.2. The maximum Gasteiger partial charge on any atom is 0.209 e. The topological polar surface area (TPSA) is 88.0 Å². The molecule has 17 aromatic carbocycles. The highest BCUT2D eigenvalue weighted by atomic mass is 32.2. The highest BCUT2D eigenvalue weighted by molar-refractivity contribution is 7.92. The molecule has 0 fully saturated rings. The number of fused-ring (bicyclic) bond motifs is 24. The standard InChI is InChI=1S/C96H56N4O4S2/c101-105(102)94-47-38-60(62-34-42-75-74-41-33-61(53-91(74)97(92(75)54-62)63-17-2-1-3-18-63)59-37-46-89-81(51-59)73-25-10-14-30-86(73)100(89)90-31-16-27-77-76-26-11-15-32-93(76)106(103,104)96(77)90)52-82(94)83-56-65(40-48-95(83)105)99-85-29-13-9-24-72(85)80-50-58(36-45-88(80)99)57-35-44-87-79(49-57)71-23-8-12-28-84(71)98(87)64-39-43-70-68-21-5-4-19-66(68)67-20-6-7-22-69(67)78(70)55-64/h1-56H. The zero-order valence-corrected chi connectivity index (χ0v) is 58.2. The van der Waals surface area contributed by atoms with Crippen LogP contribution in [0.3, 0.4) is 0 Å². The molecule has 0 N–H and O–H groups in total. The second-order valence-corrected chi connectivity index (χ2v) is 32.0. The van der Waals surface area contributed by atoms with Gasteiger partial charge < -0.3 is 18.3 Å². The minimum absolute atomic E-state index is 0.298. The van der Waals surface area contributed by atoms with E-state index < -0.39 is 19.7 Å². The van der Waals surface area contributed by atoms with Crippen LogP contribution in [0.2, 0.25) is 0 Å². The van der Waals surface area contributed by atoms with Gasteiger partial charge in [0.2, 0.25) is 19.7 Å². The lowest BCUT2D eigenvalue weighted by Gasteiger charge is -2.14. The first-order valence-corrected chi connectivity index (χ1v) is 38.7. The highest BCUT2D eigenvalue weighted by Crippen LogP contribution is 2.51. The average molecular weight is 1390 g/mol. The second-order valence-electron chi connectivity index (χ2n) is 28.3. The first-order chi connectivity index (χ1) is 52.1. The van der Waals surface area contributed by atoms with Crippen LogP contribution in [0.15, 0.2) is 359 Å². The fraction of sp³-hybridized carbons (Fsp3) is 0. The van der Waals surface area contributed by atoms with E-state index in [4.69, 9.17) is 0 Å². The van der Waals surface area contributed by atoms with Gasteiger partial charge in [0, 0.05) is 82.4 Å². The Morgan fingerprint density at radius 1 is 0.179 bits per heavy atom. The third-order valence-electron chi connectivity index (χ3n) is 22.8. The first-order valence-electron chi connectivity index (χ1n) is 35.7. The van der Waals surface area contributed by atoms with Gasteiger partial charge in [0.1, 0.15) is 4.90 Å². The van der Waals surface area contributed by atoms with Gasteiger partial charge in [-0.2, -0.15) is 0 Å². The maximum atomic E-state index is 14.7. The fourth-order valence-electron chi connectivity index (χ4n) is 18.1. The van der Waals surface area contributed by atoms with Crippen molar-refractivity contribution in [3.63, 3.8) is 0 Å². The predicted molar refractivity (Wildman–Crippen MR) is 434 cm³/mol. The first kappa shape index (κ1) is 59.2. The molecule has 496 valence electrons. The van der Waals surface area contributed by atoms with Crippen molar-refractivity contribution in [2.24, 2.45) is 0 Å². The SMILES string of the molecule is O=S1(=O)c2ccc(-c3ccc4c5ccc(-c6ccc7c(c6)c6ccccc6n7-c6cccc7c6S(=O)(=O)c6ccccc6-7)cc5n(-c5ccccc5)c4c3)cc2-c2cc(-n3c4ccccc4c4cc(-c5ccc6c(c5)c5ccccc5n6-c5ccc6c7ccccc7c7ccccc7c6c5)ccc43)ccc21. The van der Waals surface area contributed by atoms with Crippen molar-refractivity contribution >= 4 is 139 Å². The van der Waals surface area contributed by atoms with Gasteiger partial charge >= 0.3 is 0 Å². The Morgan fingerprint density at radius 2 is 0.538 bits per heavy atom. The summed E-state index contributed by atoms with van der Waals surface area (Å²) in [5.74, 6) is 0. The normalized spacial score (nSPS) is 13.6. The summed E-state index contributed by atoms with van der Waals surface area (Å²) in [6, 6.07) is 118. The van der Waals surface area contributed by atoms with Gasteiger partial charge in [-0.25, -0.2) is 16.8 Å². The Kier molecular flexibility index (Phi) is 12.1. The van der Waals surface area contributed by atoms with Crippen LogP contribution >= 0.6 is 0 Å². The molecule has 10 heteroatoms. The molecule has 21 aromatic rings. The number of rotatable bonds is 7. The van der Waals surface area contributed by atoms with Crippen LogP contribution in [-0.2, 0) is 19.7 Å². The molecule has 106 heavy (non-hydrogen) atoms. The fourth-order valence-corrected chi connectivity index (χ4v) is 21.6. The highest BCUT2D eigenvalue weighted by Gasteiger charge is 2.37. The molecule has 6 heterocycles. The molecule has 0 unspecified atom stereocenters. The van der Waals surface area contributed by atoms with Crippen LogP contribution in [0, 0.1) is 0 Å². The van der Waals surface area contributed by atoms with Crippen LogP contribution in [0.4, 0.5) is 0 Å². The van der Waals surface area contributed by atoms with Gasteiger partial charge in [-0.1, -0.05) is 206 Å². The van der Waals surface area contributed by atoms with Crippen molar-refractivity contribution in [3.8, 4) is 78.4 Å². The Morgan fingerprint density at radius 3 is 1.11 bits per heavy atom. The average Bonchev–Trinajstić information content (AvgIpc) is 1.55. The van der Waals surface area contributed by atoms with E-state index in [2.05, 4.69) is 273 Å². The summed E-state index contributed by atoms with van der Waals surface area (Å²) in [5, 5.41) is 16.3. The van der Waals surface area contributed by atoms with Gasteiger partial charge in [0.05, 0.1) is 64.5 Å². The summed E-state index contributed by atoms with van der Waals surface area (Å²) in [5.41, 5.74) is 20.8. The molecular weight excluding hydrogens is 1340 g/mol.